The molecular formula is C16H22FN3. The second-order valence-corrected chi connectivity index (χ2v) is 5.13. The van der Waals surface area contributed by atoms with Gasteiger partial charge < -0.3 is 9.88 Å². The van der Waals surface area contributed by atoms with E-state index in [1.165, 1.54) is 6.07 Å². The molecule has 0 fully saturated rings. The minimum atomic E-state index is -0.186. The van der Waals surface area contributed by atoms with E-state index in [-0.39, 0.29) is 5.82 Å². The van der Waals surface area contributed by atoms with E-state index in [4.69, 9.17) is 0 Å². The van der Waals surface area contributed by atoms with E-state index in [1.807, 2.05) is 26.1 Å². The zero-order chi connectivity index (χ0) is 14.5. The van der Waals surface area contributed by atoms with Gasteiger partial charge in [-0.25, -0.2) is 9.37 Å². The molecule has 1 aromatic heterocycles. The number of rotatable bonds is 6. The smallest absolute Gasteiger partial charge is 0.123 e. The Morgan fingerprint density at radius 2 is 2.10 bits per heavy atom. The van der Waals surface area contributed by atoms with Crippen molar-refractivity contribution < 1.29 is 4.39 Å². The molecule has 0 aliphatic rings. The number of benzene rings is 1. The predicted octanol–water partition coefficient (Wildman–Crippen LogP) is 3.19. The number of imidazole rings is 1. The van der Waals surface area contributed by atoms with Crippen LogP contribution in [0, 0.1) is 19.7 Å². The molecule has 0 spiro atoms. The number of nitrogens with one attached hydrogen (secondary N) is 1. The first-order chi connectivity index (χ1) is 9.61. The molecule has 0 bridgehead atoms. The minimum absolute atomic E-state index is 0.186. The molecule has 0 radical (unpaired) electrons. The predicted molar refractivity (Wildman–Crippen MR) is 79.2 cm³/mol. The molecule has 2 rings (SSSR count). The fourth-order valence-corrected chi connectivity index (χ4v) is 2.25. The lowest BCUT2D eigenvalue weighted by atomic mass is 10.1. The van der Waals surface area contributed by atoms with Gasteiger partial charge >= 0.3 is 0 Å². The van der Waals surface area contributed by atoms with Gasteiger partial charge in [0.25, 0.3) is 0 Å². The van der Waals surface area contributed by atoms with E-state index < -0.39 is 0 Å². The van der Waals surface area contributed by atoms with Gasteiger partial charge in [-0.2, -0.15) is 0 Å². The van der Waals surface area contributed by atoms with Crippen LogP contribution < -0.4 is 5.32 Å². The van der Waals surface area contributed by atoms with E-state index in [0.29, 0.717) is 6.54 Å². The highest BCUT2D eigenvalue weighted by atomic mass is 19.1. The highest BCUT2D eigenvalue weighted by molar-refractivity contribution is 5.27. The van der Waals surface area contributed by atoms with Crippen molar-refractivity contribution in [2.45, 2.75) is 40.3 Å². The molecule has 4 heteroatoms. The van der Waals surface area contributed by atoms with Crippen LogP contribution in [-0.4, -0.2) is 16.1 Å². The van der Waals surface area contributed by atoms with Crippen molar-refractivity contribution in [2.24, 2.45) is 0 Å². The average molecular weight is 275 g/mol. The van der Waals surface area contributed by atoms with Crippen LogP contribution in [0.2, 0.25) is 0 Å². The zero-order valence-corrected chi connectivity index (χ0v) is 12.4. The van der Waals surface area contributed by atoms with Crippen LogP contribution in [-0.2, 0) is 13.1 Å². The number of nitrogens with zero attached hydrogens (tertiary/aromatic N) is 2. The van der Waals surface area contributed by atoms with Crippen LogP contribution in [0.1, 0.15) is 36.0 Å². The maximum atomic E-state index is 13.4. The van der Waals surface area contributed by atoms with Crippen molar-refractivity contribution in [3.63, 3.8) is 0 Å². The minimum Gasteiger partial charge on any atom is -0.327 e. The third kappa shape index (κ3) is 3.45. The van der Waals surface area contributed by atoms with Gasteiger partial charge in [-0.05, 0) is 50.1 Å². The maximum absolute atomic E-state index is 13.4. The Bertz CT molecular complexity index is 575. The Morgan fingerprint density at radius 3 is 2.85 bits per heavy atom. The summed E-state index contributed by atoms with van der Waals surface area (Å²) in [5.41, 5.74) is 3.24. The Labute approximate surface area is 119 Å². The Balaban J connectivity index is 2.19. The number of hydrogen-bond acceptors (Lipinski definition) is 2. The summed E-state index contributed by atoms with van der Waals surface area (Å²) in [6, 6.07) is 4.94. The Kier molecular flexibility index (Phi) is 4.90. The van der Waals surface area contributed by atoms with Crippen LogP contribution in [0.3, 0.4) is 0 Å². The van der Waals surface area contributed by atoms with Crippen molar-refractivity contribution >= 4 is 0 Å². The molecule has 1 aromatic carbocycles. The summed E-state index contributed by atoms with van der Waals surface area (Å²) in [6.45, 7) is 8.59. The molecule has 0 aliphatic heterocycles. The van der Waals surface area contributed by atoms with Gasteiger partial charge in [-0.3, -0.25) is 0 Å². The highest BCUT2D eigenvalue weighted by Crippen LogP contribution is 2.15. The van der Waals surface area contributed by atoms with Crippen molar-refractivity contribution in [3.8, 4) is 0 Å². The van der Waals surface area contributed by atoms with Crippen LogP contribution in [0.25, 0.3) is 0 Å². The molecule has 0 saturated carbocycles. The van der Waals surface area contributed by atoms with E-state index in [0.717, 1.165) is 42.2 Å². The molecule has 0 unspecified atom stereocenters. The van der Waals surface area contributed by atoms with Crippen LogP contribution in [0.5, 0.6) is 0 Å². The maximum Gasteiger partial charge on any atom is 0.123 e. The molecule has 3 nitrogen and oxygen atoms in total. The summed E-state index contributed by atoms with van der Waals surface area (Å²) in [5, 5.41) is 3.38. The summed E-state index contributed by atoms with van der Waals surface area (Å²) in [6.07, 6.45) is 3.00. The van der Waals surface area contributed by atoms with Gasteiger partial charge in [0.2, 0.25) is 0 Å². The molecule has 0 saturated heterocycles. The molecule has 108 valence electrons. The largest absolute Gasteiger partial charge is 0.327 e. The van der Waals surface area contributed by atoms with Gasteiger partial charge in [-0.1, -0.05) is 13.0 Å². The number of hydrogen-bond donors (Lipinski definition) is 1. The Morgan fingerprint density at radius 1 is 1.30 bits per heavy atom. The lowest BCUT2D eigenvalue weighted by molar-refractivity contribution is 0.610. The van der Waals surface area contributed by atoms with E-state index in [9.17, 15) is 4.39 Å². The fraction of sp³-hybridized carbons (Fsp3) is 0.438. The lowest BCUT2D eigenvalue weighted by Gasteiger charge is -2.13. The van der Waals surface area contributed by atoms with Crippen LogP contribution >= 0.6 is 0 Å². The number of halogens is 1. The molecule has 0 atom stereocenters. The normalized spacial score (nSPS) is 11.0. The molecule has 2 aromatic rings. The van der Waals surface area contributed by atoms with Gasteiger partial charge in [0.05, 0.1) is 5.69 Å². The fourth-order valence-electron chi connectivity index (χ4n) is 2.25. The molecule has 1 heterocycles. The number of aryl methyl sites for hydroxylation is 2. The quantitative estimate of drug-likeness (QED) is 0.821. The molecule has 0 amide bonds. The molecule has 1 N–H and O–H groups in total. The second-order valence-electron chi connectivity index (χ2n) is 5.13. The van der Waals surface area contributed by atoms with E-state index >= 15 is 0 Å². The zero-order valence-electron chi connectivity index (χ0n) is 12.4. The average Bonchev–Trinajstić information content (AvgIpc) is 2.76. The first-order valence-electron chi connectivity index (χ1n) is 7.08. The summed E-state index contributed by atoms with van der Waals surface area (Å²) in [4.78, 5) is 4.37. The first-order valence-corrected chi connectivity index (χ1v) is 7.08. The SMILES string of the molecule is CCCNCc1cnc(C)n1Cc1cc(F)ccc1C. The van der Waals surface area contributed by atoms with E-state index in [2.05, 4.69) is 21.8 Å². The Hall–Kier alpha value is -1.68. The van der Waals surface area contributed by atoms with Gasteiger partial charge in [-0.15, -0.1) is 0 Å². The third-order valence-electron chi connectivity index (χ3n) is 3.51. The molecular weight excluding hydrogens is 253 g/mol. The van der Waals surface area contributed by atoms with Gasteiger partial charge in [0.15, 0.2) is 0 Å². The first kappa shape index (κ1) is 14.7. The highest BCUT2D eigenvalue weighted by Gasteiger charge is 2.09. The van der Waals surface area contributed by atoms with Crippen molar-refractivity contribution in [2.75, 3.05) is 6.54 Å². The lowest BCUT2D eigenvalue weighted by Crippen LogP contribution is -2.18. The second kappa shape index (κ2) is 6.66. The van der Waals surface area contributed by atoms with Crippen molar-refractivity contribution in [1.29, 1.82) is 0 Å². The van der Waals surface area contributed by atoms with Gasteiger partial charge in [0, 0.05) is 19.3 Å². The van der Waals surface area contributed by atoms with Crippen LogP contribution in [0.15, 0.2) is 24.4 Å². The van der Waals surface area contributed by atoms with Crippen LogP contribution in [0.4, 0.5) is 4.39 Å². The number of aromatic nitrogens is 2. The summed E-state index contributed by atoms with van der Waals surface area (Å²) in [5.74, 6) is 0.774. The standard InChI is InChI=1S/C16H22FN3/c1-4-7-18-9-16-10-19-13(3)20(16)11-14-8-15(17)6-5-12(14)2/h5-6,8,10,18H,4,7,9,11H2,1-3H3. The summed E-state index contributed by atoms with van der Waals surface area (Å²) in [7, 11) is 0. The topological polar surface area (TPSA) is 29.9 Å². The monoisotopic (exact) mass is 275 g/mol. The van der Waals surface area contributed by atoms with Crippen molar-refractivity contribution in [3.05, 3.63) is 52.9 Å². The third-order valence-corrected chi connectivity index (χ3v) is 3.51. The van der Waals surface area contributed by atoms with E-state index in [1.54, 1.807) is 6.07 Å². The van der Waals surface area contributed by atoms with Gasteiger partial charge in [0.1, 0.15) is 11.6 Å². The summed E-state index contributed by atoms with van der Waals surface area (Å²) < 4.78 is 15.5. The van der Waals surface area contributed by atoms with Crippen molar-refractivity contribution in [1.82, 2.24) is 14.9 Å². The summed E-state index contributed by atoms with van der Waals surface area (Å²) >= 11 is 0. The molecule has 20 heavy (non-hydrogen) atoms. The molecule has 0 aliphatic carbocycles.